The lowest BCUT2D eigenvalue weighted by molar-refractivity contribution is 0.610. The zero-order valence-electron chi connectivity index (χ0n) is 10.5. The molecule has 0 bridgehead atoms. The number of rotatable bonds is 3. The largest absolute Gasteiger partial charge is 0.324 e. The maximum absolute atomic E-state index is 13.6. The highest BCUT2D eigenvalue weighted by Gasteiger charge is 2.13. The Morgan fingerprint density at radius 2 is 2.11 bits per heavy atom. The second-order valence-corrected chi connectivity index (χ2v) is 5.24. The van der Waals surface area contributed by atoms with Crippen LogP contribution in [-0.4, -0.2) is 15.2 Å². The molecule has 0 saturated carbocycles. The number of aromatic nitrogens is 3. The van der Waals surface area contributed by atoms with E-state index in [1.165, 1.54) is 17.8 Å². The number of aryl methyl sites for hydroxylation is 2. The van der Waals surface area contributed by atoms with Crippen molar-refractivity contribution in [2.24, 2.45) is 5.73 Å². The van der Waals surface area contributed by atoms with Crippen molar-refractivity contribution in [3.05, 3.63) is 34.9 Å². The van der Waals surface area contributed by atoms with E-state index in [0.717, 1.165) is 16.3 Å². The number of hydrogen-bond acceptors (Lipinski definition) is 4. The van der Waals surface area contributed by atoms with Crippen LogP contribution in [0.4, 0.5) is 4.39 Å². The lowest BCUT2D eigenvalue weighted by Gasteiger charge is -2.12. The van der Waals surface area contributed by atoms with Crippen molar-refractivity contribution in [1.82, 2.24) is 15.2 Å². The molecule has 0 amide bonds. The lowest BCUT2D eigenvalue weighted by Crippen LogP contribution is -2.07. The molecule has 0 aliphatic rings. The van der Waals surface area contributed by atoms with Gasteiger partial charge in [-0.15, -0.1) is 5.10 Å². The molecule has 18 heavy (non-hydrogen) atoms. The third kappa shape index (κ3) is 2.70. The van der Waals surface area contributed by atoms with Gasteiger partial charge in [-0.3, -0.25) is 5.10 Å². The van der Waals surface area contributed by atoms with Gasteiger partial charge in [0, 0.05) is 10.9 Å². The summed E-state index contributed by atoms with van der Waals surface area (Å²) in [6, 6.07) is 3.04. The molecule has 3 N–H and O–H groups in total. The molecule has 2 aromatic rings. The summed E-state index contributed by atoms with van der Waals surface area (Å²) in [4.78, 5) is 5.11. The average molecular weight is 266 g/mol. The van der Waals surface area contributed by atoms with Crippen molar-refractivity contribution in [2.45, 2.75) is 36.9 Å². The van der Waals surface area contributed by atoms with Crippen molar-refractivity contribution < 1.29 is 4.39 Å². The summed E-state index contributed by atoms with van der Waals surface area (Å²) in [5.74, 6) is 0.511. The van der Waals surface area contributed by atoms with Crippen LogP contribution in [0, 0.1) is 19.7 Å². The van der Waals surface area contributed by atoms with Gasteiger partial charge in [0.2, 0.25) is 5.16 Å². The van der Waals surface area contributed by atoms with Crippen LogP contribution in [0.25, 0.3) is 0 Å². The van der Waals surface area contributed by atoms with E-state index >= 15 is 0 Å². The van der Waals surface area contributed by atoms with Crippen LogP contribution < -0.4 is 5.73 Å². The van der Waals surface area contributed by atoms with Gasteiger partial charge in [0.25, 0.3) is 0 Å². The molecule has 0 aliphatic heterocycles. The van der Waals surface area contributed by atoms with E-state index in [1.807, 2.05) is 13.8 Å². The van der Waals surface area contributed by atoms with Crippen LogP contribution >= 0.6 is 11.8 Å². The summed E-state index contributed by atoms with van der Waals surface area (Å²) < 4.78 is 13.6. The SMILES string of the molecule is Cc1nc(Sc2cc(C)c(F)cc2[C@H](C)N)n[nH]1. The van der Waals surface area contributed by atoms with Gasteiger partial charge >= 0.3 is 0 Å². The normalized spacial score (nSPS) is 12.7. The highest BCUT2D eigenvalue weighted by Crippen LogP contribution is 2.32. The van der Waals surface area contributed by atoms with E-state index in [0.29, 0.717) is 10.7 Å². The number of aromatic amines is 1. The zero-order valence-corrected chi connectivity index (χ0v) is 11.3. The van der Waals surface area contributed by atoms with Crippen LogP contribution in [0.1, 0.15) is 29.9 Å². The minimum absolute atomic E-state index is 0.234. The highest BCUT2D eigenvalue weighted by atomic mass is 32.2. The van der Waals surface area contributed by atoms with Gasteiger partial charge in [-0.2, -0.15) is 0 Å². The maximum Gasteiger partial charge on any atom is 0.213 e. The molecule has 4 nitrogen and oxygen atoms in total. The predicted octanol–water partition coefficient (Wildman–Crippen LogP) is 2.73. The number of benzene rings is 1. The van der Waals surface area contributed by atoms with Crippen molar-refractivity contribution in [1.29, 1.82) is 0 Å². The first kappa shape index (κ1) is 13.0. The molecule has 0 saturated heterocycles. The average Bonchev–Trinajstić information content (AvgIpc) is 2.68. The third-order valence-electron chi connectivity index (χ3n) is 2.56. The summed E-state index contributed by atoms with van der Waals surface area (Å²) in [7, 11) is 0. The van der Waals surface area contributed by atoms with Crippen LogP contribution in [-0.2, 0) is 0 Å². The van der Waals surface area contributed by atoms with Gasteiger partial charge in [-0.05, 0) is 55.8 Å². The van der Waals surface area contributed by atoms with E-state index in [9.17, 15) is 4.39 Å². The molecule has 0 fully saturated rings. The van der Waals surface area contributed by atoms with Crippen LogP contribution in [0.15, 0.2) is 22.2 Å². The van der Waals surface area contributed by atoms with Crippen molar-refractivity contribution in [3.8, 4) is 0 Å². The summed E-state index contributed by atoms with van der Waals surface area (Å²) >= 11 is 1.39. The maximum atomic E-state index is 13.6. The number of nitrogens with two attached hydrogens (primary N) is 1. The Balaban J connectivity index is 2.39. The standard InChI is InChI=1S/C12H15FN4S/c1-6-4-11(9(7(2)14)5-10(6)13)18-12-15-8(3)16-17-12/h4-5,7H,14H2,1-3H3,(H,15,16,17)/t7-/m0/s1. The molecule has 2 rings (SSSR count). The van der Waals surface area contributed by atoms with E-state index in [2.05, 4.69) is 15.2 Å². The first-order valence-electron chi connectivity index (χ1n) is 5.60. The van der Waals surface area contributed by atoms with E-state index in [-0.39, 0.29) is 11.9 Å². The summed E-state index contributed by atoms with van der Waals surface area (Å²) in [5.41, 5.74) is 7.22. The van der Waals surface area contributed by atoms with Gasteiger partial charge < -0.3 is 5.73 Å². The first-order chi connectivity index (χ1) is 8.47. The molecule has 0 aliphatic carbocycles. The van der Waals surface area contributed by atoms with Crippen LogP contribution in [0.3, 0.4) is 0 Å². The topological polar surface area (TPSA) is 67.6 Å². The number of halogens is 1. The van der Waals surface area contributed by atoms with Crippen molar-refractivity contribution in [3.63, 3.8) is 0 Å². The lowest BCUT2D eigenvalue weighted by atomic mass is 10.1. The minimum Gasteiger partial charge on any atom is -0.324 e. The highest BCUT2D eigenvalue weighted by molar-refractivity contribution is 7.99. The second-order valence-electron chi connectivity index (χ2n) is 4.23. The van der Waals surface area contributed by atoms with E-state index in [1.54, 1.807) is 13.0 Å². The fraction of sp³-hybridized carbons (Fsp3) is 0.333. The van der Waals surface area contributed by atoms with E-state index in [4.69, 9.17) is 5.73 Å². The summed E-state index contributed by atoms with van der Waals surface area (Å²) in [6.45, 7) is 5.39. The molecule has 1 aromatic heterocycles. The monoisotopic (exact) mass is 266 g/mol. The smallest absolute Gasteiger partial charge is 0.213 e. The summed E-state index contributed by atoms with van der Waals surface area (Å²) in [6.07, 6.45) is 0. The predicted molar refractivity (Wildman–Crippen MR) is 69.0 cm³/mol. The number of hydrogen-bond donors (Lipinski definition) is 2. The Kier molecular flexibility index (Phi) is 3.68. The number of nitrogens with zero attached hydrogens (tertiary/aromatic N) is 2. The number of nitrogens with one attached hydrogen (secondary N) is 1. The Morgan fingerprint density at radius 1 is 1.39 bits per heavy atom. The Morgan fingerprint density at radius 3 is 2.67 bits per heavy atom. The molecule has 0 spiro atoms. The van der Waals surface area contributed by atoms with Gasteiger partial charge in [0.15, 0.2) is 0 Å². The minimum atomic E-state index is -0.238. The first-order valence-corrected chi connectivity index (χ1v) is 6.41. The van der Waals surface area contributed by atoms with Gasteiger partial charge in [-0.25, -0.2) is 9.37 Å². The molecular weight excluding hydrogens is 251 g/mol. The molecular formula is C12H15FN4S. The van der Waals surface area contributed by atoms with Gasteiger partial charge in [0.05, 0.1) is 0 Å². The van der Waals surface area contributed by atoms with Crippen molar-refractivity contribution >= 4 is 11.8 Å². The molecule has 1 aromatic carbocycles. The Bertz CT molecular complexity index is 565. The van der Waals surface area contributed by atoms with Crippen LogP contribution in [0.5, 0.6) is 0 Å². The van der Waals surface area contributed by atoms with Gasteiger partial charge in [0.1, 0.15) is 11.6 Å². The fourth-order valence-corrected chi connectivity index (χ4v) is 2.65. The summed E-state index contributed by atoms with van der Waals surface area (Å²) in [5, 5.41) is 7.44. The van der Waals surface area contributed by atoms with Gasteiger partial charge in [-0.1, -0.05) is 0 Å². The molecule has 0 radical (unpaired) electrons. The zero-order chi connectivity index (χ0) is 13.3. The number of H-pyrrole nitrogens is 1. The second kappa shape index (κ2) is 5.07. The third-order valence-corrected chi connectivity index (χ3v) is 3.50. The fourth-order valence-electron chi connectivity index (χ4n) is 1.58. The Hall–Kier alpha value is -1.40. The van der Waals surface area contributed by atoms with E-state index < -0.39 is 0 Å². The molecule has 96 valence electrons. The molecule has 0 unspecified atom stereocenters. The Labute approximate surface area is 109 Å². The van der Waals surface area contributed by atoms with Crippen molar-refractivity contribution in [2.75, 3.05) is 0 Å². The van der Waals surface area contributed by atoms with Crippen LogP contribution in [0.2, 0.25) is 0 Å². The molecule has 1 atom stereocenters. The molecule has 1 heterocycles. The molecule has 6 heteroatoms. The quantitative estimate of drug-likeness (QED) is 0.896.